The lowest BCUT2D eigenvalue weighted by Gasteiger charge is -2.40. The predicted molar refractivity (Wildman–Crippen MR) is 90.6 cm³/mol. The van der Waals surface area contributed by atoms with Gasteiger partial charge in [0.05, 0.1) is 6.10 Å². The normalized spacial score (nSPS) is 26.7. The second-order valence-corrected chi connectivity index (χ2v) is 7.05. The third-order valence-electron chi connectivity index (χ3n) is 5.30. The number of phenolic OH excluding ortho intramolecular Hbond substituents is 1. The topological polar surface area (TPSA) is 29.5 Å². The first-order chi connectivity index (χ1) is 10.6. The molecule has 1 aromatic carbocycles. The van der Waals surface area contributed by atoms with E-state index in [9.17, 15) is 5.11 Å². The van der Waals surface area contributed by atoms with E-state index in [0.717, 1.165) is 30.6 Å². The van der Waals surface area contributed by atoms with Gasteiger partial charge in [0, 0.05) is 17.4 Å². The molecule has 3 atom stereocenters. The van der Waals surface area contributed by atoms with Crippen molar-refractivity contribution in [2.45, 2.75) is 71.3 Å². The number of benzene rings is 1. The van der Waals surface area contributed by atoms with Crippen LogP contribution in [0.1, 0.15) is 69.9 Å². The van der Waals surface area contributed by atoms with Crippen LogP contribution in [0.25, 0.3) is 0 Å². The van der Waals surface area contributed by atoms with Gasteiger partial charge in [0.2, 0.25) is 0 Å². The first-order valence-corrected chi connectivity index (χ1v) is 8.80. The van der Waals surface area contributed by atoms with Gasteiger partial charge in [-0.1, -0.05) is 31.4 Å². The second kappa shape index (κ2) is 6.36. The number of hydrogen-bond acceptors (Lipinski definition) is 2. The molecule has 2 heteroatoms. The monoisotopic (exact) mass is 300 g/mol. The maximum Gasteiger partial charge on any atom is 0.127 e. The molecule has 2 nitrogen and oxygen atoms in total. The fraction of sp³-hybridized carbons (Fsp3) is 0.600. The quantitative estimate of drug-likeness (QED) is 0.600. The lowest BCUT2D eigenvalue weighted by Crippen LogP contribution is -2.35. The number of ether oxygens (including phenoxy) is 1. The van der Waals surface area contributed by atoms with E-state index < -0.39 is 0 Å². The molecule has 0 spiro atoms. The Labute approximate surface area is 134 Å². The van der Waals surface area contributed by atoms with Crippen LogP contribution in [0, 0.1) is 5.92 Å². The largest absolute Gasteiger partial charge is 0.507 e. The highest BCUT2D eigenvalue weighted by atomic mass is 16.5. The SMILES string of the molecule is CCCCCc1cc(O)c2c(c1)OC(C)C1CCC(C)=C[C@H]21. The van der Waals surface area contributed by atoms with Crippen LogP contribution in [0.15, 0.2) is 23.8 Å². The van der Waals surface area contributed by atoms with Crippen LogP contribution >= 0.6 is 0 Å². The van der Waals surface area contributed by atoms with Gasteiger partial charge >= 0.3 is 0 Å². The molecule has 1 N–H and O–H groups in total. The summed E-state index contributed by atoms with van der Waals surface area (Å²) in [5, 5.41) is 10.6. The van der Waals surface area contributed by atoms with Crippen LogP contribution in [0.5, 0.6) is 11.5 Å². The summed E-state index contributed by atoms with van der Waals surface area (Å²) in [5.74, 6) is 2.15. The number of hydrogen-bond donors (Lipinski definition) is 1. The first kappa shape index (κ1) is 15.5. The molecular weight excluding hydrogens is 272 g/mol. The number of phenols is 1. The summed E-state index contributed by atoms with van der Waals surface area (Å²) in [5.41, 5.74) is 3.65. The van der Waals surface area contributed by atoms with E-state index in [4.69, 9.17) is 4.74 Å². The van der Waals surface area contributed by atoms with Crippen LogP contribution in [0.2, 0.25) is 0 Å². The number of aromatic hydroxyl groups is 1. The summed E-state index contributed by atoms with van der Waals surface area (Å²) < 4.78 is 6.18. The summed E-state index contributed by atoms with van der Waals surface area (Å²) in [6.45, 7) is 6.59. The van der Waals surface area contributed by atoms with Gasteiger partial charge in [-0.2, -0.15) is 0 Å². The Morgan fingerprint density at radius 1 is 1.27 bits per heavy atom. The number of fused-ring (bicyclic) bond motifs is 3. The van der Waals surface area contributed by atoms with Gasteiger partial charge in [-0.3, -0.25) is 0 Å². The summed E-state index contributed by atoms with van der Waals surface area (Å²) in [6.07, 6.45) is 9.55. The highest BCUT2D eigenvalue weighted by Gasteiger charge is 2.38. The van der Waals surface area contributed by atoms with Gasteiger partial charge in [0.1, 0.15) is 11.5 Å². The van der Waals surface area contributed by atoms with Crippen molar-refractivity contribution in [3.63, 3.8) is 0 Å². The molecule has 0 aromatic heterocycles. The summed E-state index contributed by atoms with van der Waals surface area (Å²) >= 11 is 0. The van der Waals surface area contributed by atoms with Crippen LogP contribution in [0.4, 0.5) is 0 Å². The molecule has 22 heavy (non-hydrogen) atoms. The van der Waals surface area contributed by atoms with Crippen molar-refractivity contribution >= 4 is 0 Å². The molecular formula is C20H28O2. The molecule has 2 aliphatic rings. The minimum Gasteiger partial charge on any atom is -0.507 e. The smallest absolute Gasteiger partial charge is 0.127 e. The average Bonchev–Trinajstić information content (AvgIpc) is 2.46. The number of allylic oxidation sites excluding steroid dienone is 2. The fourth-order valence-corrected chi connectivity index (χ4v) is 4.02. The minimum absolute atomic E-state index is 0.229. The van der Waals surface area contributed by atoms with Crippen molar-refractivity contribution in [2.75, 3.05) is 0 Å². The zero-order valence-electron chi connectivity index (χ0n) is 14.1. The molecule has 0 amide bonds. The van der Waals surface area contributed by atoms with Gasteiger partial charge in [-0.25, -0.2) is 0 Å². The molecule has 1 heterocycles. The number of rotatable bonds is 4. The van der Waals surface area contributed by atoms with E-state index in [0.29, 0.717) is 17.6 Å². The van der Waals surface area contributed by atoms with Crippen molar-refractivity contribution in [1.82, 2.24) is 0 Å². The van der Waals surface area contributed by atoms with Crippen molar-refractivity contribution in [3.05, 3.63) is 34.9 Å². The van der Waals surface area contributed by atoms with E-state index in [-0.39, 0.29) is 6.10 Å². The van der Waals surface area contributed by atoms with Crippen molar-refractivity contribution < 1.29 is 9.84 Å². The Morgan fingerprint density at radius 3 is 2.86 bits per heavy atom. The summed E-state index contributed by atoms with van der Waals surface area (Å²) in [6, 6.07) is 4.12. The van der Waals surface area contributed by atoms with E-state index in [1.165, 1.54) is 30.4 Å². The van der Waals surface area contributed by atoms with Gasteiger partial charge < -0.3 is 9.84 Å². The van der Waals surface area contributed by atoms with Crippen LogP contribution in [-0.4, -0.2) is 11.2 Å². The van der Waals surface area contributed by atoms with E-state index in [1.807, 2.05) is 6.07 Å². The van der Waals surface area contributed by atoms with Crippen LogP contribution in [0.3, 0.4) is 0 Å². The van der Waals surface area contributed by atoms with Crippen molar-refractivity contribution in [2.24, 2.45) is 5.92 Å². The Balaban J connectivity index is 1.94. The van der Waals surface area contributed by atoms with E-state index in [1.54, 1.807) is 0 Å². The second-order valence-electron chi connectivity index (χ2n) is 7.05. The zero-order valence-corrected chi connectivity index (χ0v) is 14.1. The Morgan fingerprint density at radius 2 is 2.09 bits per heavy atom. The molecule has 0 fully saturated rings. The average molecular weight is 300 g/mol. The molecule has 2 unspecified atom stereocenters. The standard InChI is InChI=1S/C20H28O2/c1-4-5-6-7-15-11-18(21)20-17-10-13(2)8-9-16(17)14(3)22-19(20)12-15/h10-12,14,16-17,21H,4-9H2,1-3H3/t14?,16?,17-/m0/s1. The van der Waals surface area contributed by atoms with Gasteiger partial charge in [0.25, 0.3) is 0 Å². The Hall–Kier alpha value is -1.44. The predicted octanol–water partition coefficient (Wildman–Crippen LogP) is 5.35. The molecule has 1 aliphatic carbocycles. The lowest BCUT2D eigenvalue weighted by molar-refractivity contribution is 0.107. The molecule has 3 rings (SSSR count). The maximum atomic E-state index is 10.6. The Bertz CT molecular complexity index is 573. The summed E-state index contributed by atoms with van der Waals surface area (Å²) in [4.78, 5) is 0. The van der Waals surface area contributed by atoms with E-state index >= 15 is 0 Å². The Kier molecular flexibility index (Phi) is 4.46. The third-order valence-corrected chi connectivity index (χ3v) is 5.30. The van der Waals surface area contributed by atoms with Crippen LogP contribution < -0.4 is 4.74 Å². The molecule has 0 radical (unpaired) electrons. The molecule has 0 saturated heterocycles. The number of unbranched alkanes of at least 4 members (excludes halogenated alkanes) is 2. The highest BCUT2D eigenvalue weighted by molar-refractivity contribution is 5.53. The fourth-order valence-electron chi connectivity index (χ4n) is 4.02. The number of aryl methyl sites for hydroxylation is 1. The molecule has 1 aliphatic heterocycles. The highest BCUT2D eigenvalue weighted by Crippen LogP contribution is 2.50. The minimum atomic E-state index is 0.229. The molecule has 0 saturated carbocycles. The van der Waals surface area contributed by atoms with Crippen LogP contribution in [-0.2, 0) is 6.42 Å². The van der Waals surface area contributed by atoms with Gasteiger partial charge in [-0.15, -0.1) is 0 Å². The van der Waals surface area contributed by atoms with Gasteiger partial charge in [0.15, 0.2) is 0 Å². The van der Waals surface area contributed by atoms with E-state index in [2.05, 4.69) is 32.9 Å². The van der Waals surface area contributed by atoms with Gasteiger partial charge in [-0.05, 0) is 57.2 Å². The summed E-state index contributed by atoms with van der Waals surface area (Å²) in [7, 11) is 0. The maximum absolute atomic E-state index is 10.6. The first-order valence-electron chi connectivity index (χ1n) is 8.80. The molecule has 120 valence electrons. The van der Waals surface area contributed by atoms with Crippen molar-refractivity contribution in [3.8, 4) is 11.5 Å². The van der Waals surface area contributed by atoms with Crippen molar-refractivity contribution in [1.29, 1.82) is 0 Å². The zero-order chi connectivity index (χ0) is 15.7. The molecule has 1 aromatic rings. The lowest BCUT2D eigenvalue weighted by atomic mass is 9.72. The molecule has 0 bridgehead atoms. The third kappa shape index (κ3) is 2.88.